The lowest BCUT2D eigenvalue weighted by Gasteiger charge is -2.35. The number of carbonyl (C=O) groups excluding carboxylic acids is 1. The molecular formula is C10H17NO2. The molecule has 0 unspecified atom stereocenters. The van der Waals surface area contributed by atoms with Crippen molar-refractivity contribution < 1.29 is 9.90 Å². The van der Waals surface area contributed by atoms with Gasteiger partial charge in [0.15, 0.2) is 0 Å². The van der Waals surface area contributed by atoms with Crippen molar-refractivity contribution in [3.05, 3.63) is 12.2 Å². The molecular weight excluding hydrogens is 166 g/mol. The molecule has 3 nitrogen and oxygen atoms in total. The number of aliphatic hydroxyl groups excluding tert-OH is 1. The first kappa shape index (κ1) is 10.3. The predicted molar refractivity (Wildman–Crippen MR) is 51.2 cm³/mol. The van der Waals surface area contributed by atoms with Crippen molar-refractivity contribution in [1.29, 1.82) is 0 Å². The summed E-state index contributed by atoms with van der Waals surface area (Å²) in [4.78, 5) is 13.2. The number of aliphatic hydroxyl groups is 1. The van der Waals surface area contributed by atoms with E-state index in [9.17, 15) is 9.90 Å². The summed E-state index contributed by atoms with van der Waals surface area (Å²) in [6.07, 6.45) is 4.64. The highest BCUT2D eigenvalue weighted by molar-refractivity contribution is 5.87. The molecule has 1 N–H and O–H groups in total. The lowest BCUT2D eigenvalue weighted by molar-refractivity contribution is -0.131. The van der Waals surface area contributed by atoms with Crippen LogP contribution >= 0.6 is 0 Å². The highest BCUT2D eigenvalue weighted by Gasteiger charge is 2.26. The summed E-state index contributed by atoms with van der Waals surface area (Å²) in [7, 11) is 0. The lowest BCUT2D eigenvalue weighted by atomic mass is 10.0. The van der Waals surface area contributed by atoms with Crippen molar-refractivity contribution >= 4 is 5.91 Å². The second-order valence-corrected chi connectivity index (χ2v) is 3.57. The normalized spacial score (nSPS) is 29.6. The van der Waals surface area contributed by atoms with E-state index in [1.165, 1.54) is 0 Å². The van der Waals surface area contributed by atoms with E-state index in [4.69, 9.17) is 0 Å². The van der Waals surface area contributed by atoms with Gasteiger partial charge in [-0.15, -0.1) is 0 Å². The Bertz CT molecular complexity index is 213. The molecule has 0 spiro atoms. The Labute approximate surface area is 79.0 Å². The third kappa shape index (κ3) is 2.56. The van der Waals surface area contributed by atoms with E-state index in [1.807, 2.05) is 13.8 Å². The Kier molecular flexibility index (Phi) is 3.48. The van der Waals surface area contributed by atoms with E-state index in [-0.39, 0.29) is 18.1 Å². The molecule has 0 aromatic carbocycles. The number of carbonyl (C=O) groups is 1. The molecule has 1 fully saturated rings. The molecule has 0 aromatic rings. The van der Waals surface area contributed by atoms with Crippen LogP contribution in [0.1, 0.15) is 26.7 Å². The zero-order valence-corrected chi connectivity index (χ0v) is 8.23. The van der Waals surface area contributed by atoms with Crippen molar-refractivity contribution in [3.8, 4) is 0 Å². The van der Waals surface area contributed by atoms with Gasteiger partial charge in [-0.05, 0) is 32.8 Å². The zero-order valence-electron chi connectivity index (χ0n) is 8.23. The minimum Gasteiger partial charge on any atom is -0.391 e. The van der Waals surface area contributed by atoms with Crippen LogP contribution in [0.2, 0.25) is 0 Å². The zero-order chi connectivity index (χ0) is 9.84. The number of hydrogen-bond acceptors (Lipinski definition) is 2. The van der Waals surface area contributed by atoms with Gasteiger partial charge in [-0.2, -0.15) is 0 Å². The van der Waals surface area contributed by atoms with Gasteiger partial charge in [0.25, 0.3) is 0 Å². The Morgan fingerprint density at radius 3 is 2.85 bits per heavy atom. The van der Waals surface area contributed by atoms with E-state index >= 15 is 0 Å². The molecule has 0 aromatic heterocycles. The molecule has 3 heteroatoms. The van der Waals surface area contributed by atoms with Crippen LogP contribution < -0.4 is 0 Å². The van der Waals surface area contributed by atoms with E-state index in [2.05, 4.69) is 0 Å². The predicted octanol–water partition coefficient (Wildman–Crippen LogP) is 0.934. The smallest absolute Gasteiger partial charge is 0.246 e. The number of hydrogen-bond donors (Lipinski definition) is 1. The van der Waals surface area contributed by atoms with Gasteiger partial charge in [0.05, 0.1) is 6.10 Å². The maximum atomic E-state index is 11.5. The summed E-state index contributed by atoms with van der Waals surface area (Å²) in [6.45, 7) is 4.32. The van der Waals surface area contributed by atoms with Gasteiger partial charge in [0, 0.05) is 12.6 Å². The Morgan fingerprint density at radius 1 is 1.54 bits per heavy atom. The highest BCUT2D eigenvalue weighted by Crippen LogP contribution is 2.17. The maximum Gasteiger partial charge on any atom is 0.246 e. The molecule has 1 saturated heterocycles. The van der Waals surface area contributed by atoms with Gasteiger partial charge in [0.1, 0.15) is 0 Å². The largest absolute Gasteiger partial charge is 0.391 e. The summed E-state index contributed by atoms with van der Waals surface area (Å²) in [5, 5.41) is 9.40. The van der Waals surface area contributed by atoms with E-state index in [1.54, 1.807) is 17.1 Å². The number of β-amino-alcohol motifs (C(OH)–C–C–N with tert-alkyl or cyclic N) is 1. The second kappa shape index (κ2) is 4.42. The molecule has 0 bridgehead atoms. The fraction of sp³-hybridized carbons (Fsp3) is 0.700. The fourth-order valence-corrected chi connectivity index (χ4v) is 1.63. The van der Waals surface area contributed by atoms with Gasteiger partial charge >= 0.3 is 0 Å². The Hall–Kier alpha value is -0.830. The summed E-state index contributed by atoms with van der Waals surface area (Å²) in [5.41, 5.74) is 0. The second-order valence-electron chi connectivity index (χ2n) is 3.57. The molecule has 1 heterocycles. The van der Waals surface area contributed by atoms with Gasteiger partial charge in [-0.25, -0.2) is 0 Å². The van der Waals surface area contributed by atoms with Gasteiger partial charge < -0.3 is 10.0 Å². The number of amides is 1. The van der Waals surface area contributed by atoms with Crippen LogP contribution in [-0.2, 0) is 4.79 Å². The third-order valence-electron chi connectivity index (χ3n) is 2.45. The van der Waals surface area contributed by atoms with Crippen molar-refractivity contribution in [1.82, 2.24) is 4.90 Å². The summed E-state index contributed by atoms with van der Waals surface area (Å²) in [5.74, 6) is 0.00810. The Morgan fingerprint density at radius 2 is 2.23 bits per heavy atom. The van der Waals surface area contributed by atoms with Crippen LogP contribution in [0.5, 0.6) is 0 Å². The molecule has 0 radical (unpaired) electrons. The molecule has 1 amide bonds. The van der Waals surface area contributed by atoms with Crippen molar-refractivity contribution in [2.24, 2.45) is 0 Å². The topological polar surface area (TPSA) is 40.5 Å². The monoisotopic (exact) mass is 183 g/mol. The van der Waals surface area contributed by atoms with Crippen LogP contribution in [0.3, 0.4) is 0 Å². The molecule has 2 atom stereocenters. The summed E-state index contributed by atoms with van der Waals surface area (Å²) < 4.78 is 0. The Balaban J connectivity index is 2.60. The van der Waals surface area contributed by atoms with Crippen molar-refractivity contribution in [2.45, 2.75) is 38.8 Å². The highest BCUT2D eigenvalue weighted by atomic mass is 16.3. The van der Waals surface area contributed by atoms with Crippen LogP contribution in [0.4, 0.5) is 0 Å². The van der Waals surface area contributed by atoms with Crippen molar-refractivity contribution in [2.75, 3.05) is 6.54 Å². The van der Waals surface area contributed by atoms with Gasteiger partial charge in [-0.1, -0.05) is 6.08 Å². The van der Waals surface area contributed by atoms with E-state index < -0.39 is 0 Å². The molecule has 1 aliphatic heterocycles. The SMILES string of the molecule is C/C=C/C(=O)N1C[C@@H](O)CC[C@@H]1C. The summed E-state index contributed by atoms with van der Waals surface area (Å²) in [6, 6.07) is 0.257. The fourth-order valence-electron chi connectivity index (χ4n) is 1.63. The number of rotatable bonds is 1. The van der Waals surface area contributed by atoms with E-state index in [0.717, 1.165) is 12.8 Å². The molecule has 0 aliphatic carbocycles. The van der Waals surface area contributed by atoms with Crippen LogP contribution in [0.15, 0.2) is 12.2 Å². The molecule has 1 rings (SSSR count). The average Bonchev–Trinajstić information content (AvgIpc) is 2.09. The first-order valence-electron chi connectivity index (χ1n) is 4.76. The standard InChI is InChI=1S/C10H17NO2/c1-3-4-10(13)11-7-9(12)6-5-8(11)2/h3-4,8-9,12H,5-7H2,1-2H3/b4-3+/t8-,9-/m0/s1. The quantitative estimate of drug-likeness (QED) is 0.614. The molecule has 1 aliphatic rings. The number of allylic oxidation sites excluding steroid dienone is 1. The number of piperidine rings is 1. The average molecular weight is 183 g/mol. The molecule has 74 valence electrons. The minimum absolute atomic E-state index is 0.00810. The lowest BCUT2D eigenvalue weighted by Crippen LogP contribution is -2.46. The van der Waals surface area contributed by atoms with Crippen LogP contribution in [0.25, 0.3) is 0 Å². The number of likely N-dealkylation sites (tertiary alicyclic amines) is 1. The third-order valence-corrected chi connectivity index (χ3v) is 2.45. The van der Waals surface area contributed by atoms with Gasteiger partial charge in [-0.3, -0.25) is 4.79 Å². The molecule has 13 heavy (non-hydrogen) atoms. The summed E-state index contributed by atoms with van der Waals surface area (Å²) >= 11 is 0. The van der Waals surface area contributed by atoms with E-state index in [0.29, 0.717) is 6.54 Å². The number of nitrogens with zero attached hydrogens (tertiary/aromatic N) is 1. The molecule has 0 saturated carbocycles. The maximum absolute atomic E-state index is 11.5. The first-order valence-corrected chi connectivity index (χ1v) is 4.76. The van der Waals surface area contributed by atoms with Gasteiger partial charge in [0.2, 0.25) is 5.91 Å². The first-order chi connectivity index (χ1) is 6.15. The minimum atomic E-state index is -0.342. The van der Waals surface area contributed by atoms with Crippen LogP contribution in [-0.4, -0.2) is 34.6 Å². The van der Waals surface area contributed by atoms with Crippen molar-refractivity contribution in [3.63, 3.8) is 0 Å². The van der Waals surface area contributed by atoms with Crippen LogP contribution in [0, 0.1) is 0 Å².